The molecule has 0 unspecified atom stereocenters. The van der Waals surface area contributed by atoms with Crippen molar-refractivity contribution in [2.24, 2.45) is 0 Å². The highest BCUT2D eigenvalue weighted by atomic mass is 19.1. The van der Waals surface area contributed by atoms with E-state index in [1.807, 2.05) is 18.9 Å². The molecule has 13 heteroatoms. The second-order valence-corrected chi connectivity index (χ2v) is 12.3. The maximum Gasteiger partial charge on any atom is 0.246 e. The molecule has 0 bridgehead atoms. The lowest BCUT2D eigenvalue weighted by Gasteiger charge is -2.37. The van der Waals surface area contributed by atoms with Gasteiger partial charge in [0.05, 0.1) is 24.3 Å². The number of piperidine rings is 1. The number of carbonyl (C=O) groups excluding carboxylic acids is 1. The van der Waals surface area contributed by atoms with Gasteiger partial charge in [-0.15, -0.1) is 0 Å². The molecule has 244 valence electrons. The Labute approximate surface area is 265 Å². The fourth-order valence-corrected chi connectivity index (χ4v) is 6.31. The van der Waals surface area contributed by atoms with Gasteiger partial charge in [0, 0.05) is 55.1 Å². The molecule has 2 aliphatic rings. The minimum Gasteiger partial charge on any atom is -0.474 e. The van der Waals surface area contributed by atoms with E-state index in [2.05, 4.69) is 27.8 Å². The first-order valence-corrected chi connectivity index (χ1v) is 15.2. The van der Waals surface area contributed by atoms with Gasteiger partial charge in [-0.3, -0.25) is 9.69 Å². The highest BCUT2D eigenvalue weighted by molar-refractivity contribution is 5.87. The molecule has 2 aliphatic heterocycles. The summed E-state index contributed by atoms with van der Waals surface area (Å²) in [6.45, 7) is 9.32. The van der Waals surface area contributed by atoms with Gasteiger partial charge < -0.3 is 18.9 Å². The summed E-state index contributed by atoms with van der Waals surface area (Å²) in [6, 6.07) is 8.27. The van der Waals surface area contributed by atoms with Crippen LogP contribution in [0.25, 0.3) is 11.6 Å². The number of carbonyl (C=O) groups is 1. The van der Waals surface area contributed by atoms with E-state index in [9.17, 15) is 23.2 Å². The van der Waals surface area contributed by atoms with E-state index < -0.39 is 29.3 Å². The summed E-state index contributed by atoms with van der Waals surface area (Å²) in [5.41, 5.74) is -1.12. The number of alkyl halides is 1. The predicted molar refractivity (Wildman–Crippen MR) is 162 cm³/mol. The van der Waals surface area contributed by atoms with Crippen LogP contribution < -0.4 is 9.47 Å². The molecule has 2 aromatic heterocycles. The molecular formula is C33H37F3N6O4. The van der Waals surface area contributed by atoms with Crippen LogP contribution in [0.4, 0.5) is 13.2 Å². The van der Waals surface area contributed by atoms with Gasteiger partial charge in [-0.25, -0.2) is 13.2 Å². The summed E-state index contributed by atoms with van der Waals surface area (Å²) in [6.07, 6.45) is 0.748. The molecule has 1 amide bonds. The summed E-state index contributed by atoms with van der Waals surface area (Å²) in [5, 5.41) is 13.5. The molecule has 10 nitrogen and oxygen atoms in total. The Morgan fingerprint density at radius 2 is 1.96 bits per heavy atom. The Hall–Kier alpha value is -4.44. The van der Waals surface area contributed by atoms with E-state index >= 15 is 0 Å². The van der Waals surface area contributed by atoms with E-state index in [0.29, 0.717) is 32.4 Å². The third-order valence-electron chi connectivity index (χ3n) is 8.78. The second-order valence-electron chi connectivity index (χ2n) is 12.3. The minimum atomic E-state index is -1.21. The third-order valence-corrected chi connectivity index (χ3v) is 8.78. The van der Waals surface area contributed by atoms with E-state index in [-0.39, 0.29) is 65.1 Å². The van der Waals surface area contributed by atoms with Crippen LogP contribution >= 0.6 is 0 Å². The first-order valence-electron chi connectivity index (χ1n) is 15.2. The minimum absolute atomic E-state index is 0.0549. The van der Waals surface area contributed by atoms with Crippen LogP contribution in [0.5, 0.6) is 11.8 Å². The van der Waals surface area contributed by atoms with E-state index in [0.717, 1.165) is 0 Å². The lowest BCUT2D eigenvalue weighted by atomic mass is 9.80. The van der Waals surface area contributed by atoms with Gasteiger partial charge in [-0.2, -0.15) is 15.2 Å². The molecule has 3 aromatic rings. The van der Waals surface area contributed by atoms with Crippen molar-refractivity contribution < 1.29 is 32.0 Å². The summed E-state index contributed by atoms with van der Waals surface area (Å²) in [5.74, 6) is -1.22. The number of rotatable bonds is 10. The zero-order valence-electron chi connectivity index (χ0n) is 26.3. The summed E-state index contributed by atoms with van der Waals surface area (Å²) in [7, 11) is 1.83. The first kappa shape index (κ1) is 32.9. The molecule has 2 fully saturated rings. The monoisotopic (exact) mass is 638 g/mol. The van der Waals surface area contributed by atoms with Crippen LogP contribution in [0, 0.1) is 23.0 Å². The molecule has 5 atom stereocenters. The smallest absolute Gasteiger partial charge is 0.246 e. The largest absolute Gasteiger partial charge is 0.474 e. The number of amides is 1. The number of hydrogen-bond donors (Lipinski definition) is 0. The zero-order chi connectivity index (χ0) is 33.2. The number of benzene rings is 1. The molecule has 0 radical (unpaired) electrons. The van der Waals surface area contributed by atoms with Crippen molar-refractivity contribution in [1.29, 1.82) is 5.26 Å². The Kier molecular flexibility index (Phi) is 9.67. The SMILES string of the molecule is C=CC(=O)N1CC[C@H](Oc2cc(O[C@@H](C)[C@@H]3C[C@H](F)CN3C)nc(-c3cc(C(C)(C)c4c(F)cccc4F)no3)n2)C[C@H]1CC#N. The van der Waals surface area contributed by atoms with Crippen LogP contribution in [0.3, 0.4) is 0 Å². The zero-order valence-corrected chi connectivity index (χ0v) is 26.3. The van der Waals surface area contributed by atoms with Crippen molar-refractivity contribution in [3.05, 3.63) is 65.9 Å². The number of hydrogen-bond acceptors (Lipinski definition) is 9. The van der Waals surface area contributed by atoms with Gasteiger partial charge in [0.1, 0.15) is 30.0 Å². The number of halogens is 3. The van der Waals surface area contributed by atoms with Gasteiger partial charge in [0.2, 0.25) is 29.3 Å². The maximum absolute atomic E-state index is 14.7. The Bertz CT molecular complexity index is 1600. The standard InChI is InChI=1S/C33H37F3N6O4/c1-6-30(43)42-13-11-22(15-21(42)10-12-37)45-29-17-28(44-19(2)25-14-20(34)18-41(25)5)38-32(39-29)26-16-27(40-46-26)33(3,4)31-23(35)8-7-9-24(31)36/h6-9,16-17,19-22,25H,1,10-11,13-15,18H2,2-5H3/t19-,20-,21+,22-,25-/m0/s1. The van der Waals surface area contributed by atoms with Crippen molar-refractivity contribution in [2.75, 3.05) is 20.1 Å². The molecule has 0 saturated carbocycles. The van der Waals surface area contributed by atoms with Gasteiger partial charge in [-0.05, 0) is 52.4 Å². The van der Waals surface area contributed by atoms with Crippen LogP contribution in [-0.2, 0) is 10.2 Å². The maximum atomic E-state index is 14.7. The van der Waals surface area contributed by atoms with Crippen molar-refractivity contribution in [3.8, 4) is 29.4 Å². The molecule has 0 N–H and O–H groups in total. The lowest BCUT2D eigenvalue weighted by Crippen LogP contribution is -2.48. The number of nitriles is 1. The molecule has 4 heterocycles. The summed E-state index contributed by atoms with van der Waals surface area (Å²) in [4.78, 5) is 24.9. The Morgan fingerprint density at radius 1 is 1.24 bits per heavy atom. The number of likely N-dealkylation sites (N-methyl/N-ethyl adjacent to an activating group) is 1. The first-order chi connectivity index (χ1) is 21.9. The van der Waals surface area contributed by atoms with Crippen LogP contribution in [0.2, 0.25) is 0 Å². The normalized spacial score (nSPS) is 22.7. The topological polar surface area (TPSA) is 118 Å². The number of ether oxygens (including phenoxy) is 2. The quantitative estimate of drug-likeness (QED) is 0.270. The van der Waals surface area contributed by atoms with Crippen LogP contribution in [0.1, 0.15) is 57.7 Å². The molecule has 1 aromatic carbocycles. The summed E-state index contributed by atoms with van der Waals surface area (Å²) < 4.78 is 61.7. The summed E-state index contributed by atoms with van der Waals surface area (Å²) >= 11 is 0. The van der Waals surface area contributed by atoms with Crippen molar-refractivity contribution in [1.82, 2.24) is 24.9 Å². The van der Waals surface area contributed by atoms with Crippen molar-refractivity contribution >= 4 is 5.91 Å². The number of nitrogens with zero attached hydrogens (tertiary/aromatic N) is 6. The lowest BCUT2D eigenvalue weighted by molar-refractivity contribution is -0.130. The van der Waals surface area contributed by atoms with E-state index in [1.54, 1.807) is 18.7 Å². The molecule has 0 spiro atoms. The van der Waals surface area contributed by atoms with E-state index in [1.165, 1.54) is 36.4 Å². The molecule has 46 heavy (non-hydrogen) atoms. The average molecular weight is 639 g/mol. The van der Waals surface area contributed by atoms with Crippen LogP contribution in [-0.4, -0.2) is 81.4 Å². The predicted octanol–water partition coefficient (Wildman–Crippen LogP) is 5.38. The highest BCUT2D eigenvalue weighted by Crippen LogP contribution is 2.37. The highest BCUT2D eigenvalue weighted by Gasteiger charge is 2.36. The molecule has 5 rings (SSSR count). The second kappa shape index (κ2) is 13.5. The Balaban J connectivity index is 1.46. The van der Waals surface area contributed by atoms with Gasteiger partial charge in [0.25, 0.3) is 0 Å². The van der Waals surface area contributed by atoms with Gasteiger partial charge >= 0.3 is 0 Å². The van der Waals surface area contributed by atoms with Crippen LogP contribution in [0.15, 0.2) is 47.5 Å². The van der Waals surface area contributed by atoms with Gasteiger partial charge in [-0.1, -0.05) is 17.8 Å². The van der Waals surface area contributed by atoms with Crippen molar-refractivity contribution in [3.63, 3.8) is 0 Å². The molecule has 0 aliphatic carbocycles. The molecular weight excluding hydrogens is 601 g/mol. The number of aromatic nitrogens is 3. The number of likely N-dealkylation sites (tertiary alicyclic amines) is 2. The van der Waals surface area contributed by atoms with Crippen molar-refractivity contribution in [2.45, 2.75) is 82.3 Å². The Morgan fingerprint density at radius 3 is 2.61 bits per heavy atom. The van der Waals surface area contributed by atoms with E-state index in [4.69, 9.17) is 14.0 Å². The molecule has 2 saturated heterocycles. The fraction of sp³-hybridized carbons (Fsp3) is 0.485. The third kappa shape index (κ3) is 6.87. The van der Waals surface area contributed by atoms with Gasteiger partial charge in [0.15, 0.2) is 0 Å². The average Bonchev–Trinajstić information content (AvgIpc) is 3.64. The fourth-order valence-electron chi connectivity index (χ4n) is 6.31.